The first-order chi connectivity index (χ1) is 1.73. The Bertz CT molecular complexity index is 19.0. The van der Waals surface area contributed by atoms with Gasteiger partial charge in [0.25, 0.3) is 0 Å². The van der Waals surface area contributed by atoms with Crippen LogP contribution >= 0.6 is 37.2 Å². The first kappa shape index (κ1) is 53.1. The third-order valence-corrected chi connectivity index (χ3v) is 0. The van der Waals surface area contributed by atoms with Crippen LogP contribution in [0.3, 0.4) is 0 Å². The summed E-state index contributed by atoms with van der Waals surface area (Å²) in [4.78, 5) is 0. The zero-order valence-corrected chi connectivity index (χ0v) is 7.70. The predicted molar refractivity (Wildman–Crippen MR) is 46.3 cm³/mol. The van der Waals surface area contributed by atoms with E-state index in [2.05, 4.69) is 0 Å². The number of aliphatic hydroxyl groups excluding tert-OH is 1. The highest BCUT2D eigenvalue weighted by Crippen LogP contribution is 1.65. The molecule has 0 amide bonds. The molecule has 9 heavy (non-hydrogen) atoms. The highest BCUT2D eigenvalue weighted by Gasteiger charge is 1.69. The Morgan fingerprint density at radius 1 is 0.889 bits per heavy atom. The summed E-state index contributed by atoms with van der Waals surface area (Å²) < 4.78 is 0. The van der Waals surface area contributed by atoms with Gasteiger partial charge in [-0.05, 0) is 13.8 Å². The first-order valence-electron chi connectivity index (χ1n) is 1.41. The van der Waals surface area contributed by atoms with Gasteiger partial charge in [0.05, 0.1) is 0 Å². The van der Waals surface area contributed by atoms with Gasteiger partial charge >= 0.3 is 0 Å². The standard InChI is InChI=1S/C3H8O.3ClH.2H2O/c1-3(2)4;;;;;/h3-4H,1-2H3;3*1H;2*1H2. The molecule has 0 saturated carbocycles. The van der Waals surface area contributed by atoms with E-state index in [1.54, 1.807) is 13.8 Å². The monoisotopic (exact) mass is 204 g/mol. The van der Waals surface area contributed by atoms with Crippen molar-refractivity contribution < 1.29 is 16.1 Å². The van der Waals surface area contributed by atoms with Gasteiger partial charge in [-0.3, -0.25) is 0 Å². The van der Waals surface area contributed by atoms with Crippen LogP contribution in [0.5, 0.6) is 0 Å². The van der Waals surface area contributed by atoms with Gasteiger partial charge in [-0.1, -0.05) is 0 Å². The second kappa shape index (κ2) is 37.4. The molecule has 0 bridgehead atoms. The summed E-state index contributed by atoms with van der Waals surface area (Å²) in [6, 6.07) is 0. The number of rotatable bonds is 0. The van der Waals surface area contributed by atoms with Gasteiger partial charge in [-0.25, -0.2) is 0 Å². The molecule has 0 spiro atoms. The van der Waals surface area contributed by atoms with Gasteiger partial charge in [0, 0.05) is 6.10 Å². The summed E-state index contributed by atoms with van der Waals surface area (Å²) >= 11 is 0. The Hall–Kier alpha value is 0.750. The van der Waals surface area contributed by atoms with Crippen LogP contribution in [0.15, 0.2) is 0 Å². The molecule has 5 N–H and O–H groups in total. The van der Waals surface area contributed by atoms with Crippen LogP contribution in [0.1, 0.15) is 13.8 Å². The molecular formula is C3H15Cl3O3. The van der Waals surface area contributed by atoms with Crippen molar-refractivity contribution in [2.75, 3.05) is 0 Å². The van der Waals surface area contributed by atoms with Gasteiger partial charge < -0.3 is 16.1 Å². The topological polar surface area (TPSA) is 83.2 Å². The predicted octanol–water partition coefficient (Wildman–Crippen LogP) is 0.00310. The van der Waals surface area contributed by atoms with Crippen molar-refractivity contribution in [1.29, 1.82) is 0 Å². The van der Waals surface area contributed by atoms with Crippen LogP contribution in [-0.4, -0.2) is 22.2 Å². The van der Waals surface area contributed by atoms with E-state index in [0.29, 0.717) is 0 Å². The zero-order valence-electron chi connectivity index (χ0n) is 5.25. The van der Waals surface area contributed by atoms with E-state index < -0.39 is 0 Å². The van der Waals surface area contributed by atoms with Crippen molar-refractivity contribution in [3.63, 3.8) is 0 Å². The second-order valence-electron chi connectivity index (χ2n) is 1.09. The fraction of sp³-hybridized carbons (Fsp3) is 1.00. The first-order valence-corrected chi connectivity index (χ1v) is 1.41. The number of halogens is 3. The quantitative estimate of drug-likeness (QED) is 0.593. The molecule has 0 rings (SSSR count). The van der Waals surface area contributed by atoms with Crippen molar-refractivity contribution in [2.24, 2.45) is 0 Å². The largest absolute Gasteiger partial charge is 0.412 e. The second-order valence-corrected chi connectivity index (χ2v) is 1.09. The Morgan fingerprint density at radius 3 is 0.889 bits per heavy atom. The molecule has 0 aromatic heterocycles. The van der Waals surface area contributed by atoms with Crippen molar-refractivity contribution in [1.82, 2.24) is 0 Å². The van der Waals surface area contributed by atoms with Gasteiger partial charge in [-0.15, -0.1) is 37.2 Å². The lowest BCUT2D eigenvalue weighted by Gasteiger charge is -1.80. The molecule has 3 nitrogen and oxygen atoms in total. The minimum Gasteiger partial charge on any atom is -0.412 e. The van der Waals surface area contributed by atoms with Crippen molar-refractivity contribution >= 4 is 37.2 Å². The maximum Gasteiger partial charge on any atom is 0.0483 e. The van der Waals surface area contributed by atoms with E-state index in [-0.39, 0.29) is 54.3 Å². The minimum absolute atomic E-state index is 0. The molecule has 0 aliphatic carbocycles. The summed E-state index contributed by atoms with van der Waals surface area (Å²) in [5.74, 6) is 0. The summed E-state index contributed by atoms with van der Waals surface area (Å²) in [6.45, 7) is 3.44. The third-order valence-electron chi connectivity index (χ3n) is 0. The Kier molecular flexibility index (Phi) is 220. The SMILES string of the molecule is CC(C)O.Cl.Cl.Cl.O.O. The number of hydrogen-bond donors (Lipinski definition) is 1. The van der Waals surface area contributed by atoms with E-state index >= 15 is 0 Å². The summed E-state index contributed by atoms with van der Waals surface area (Å²) in [7, 11) is 0. The number of aliphatic hydroxyl groups is 1. The Labute approximate surface area is 73.7 Å². The molecule has 0 unspecified atom stereocenters. The maximum atomic E-state index is 8.06. The lowest BCUT2D eigenvalue weighted by atomic mass is 10.5. The average molecular weight is 206 g/mol. The molecule has 0 aliphatic rings. The van der Waals surface area contributed by atoms with E-state index in [0.717, 1.165) is 0 Å². The van der Waals surface area contributed by atoms with Gasteiger partial charge in [-0.2, -0.15) is 0 Å². The van der Waals surface area contributed by atoms with Crippen LogP contribution < -0.4 is 0 Å². The summed E-state index contributed by atoms with van der Waals surface area (Å²) in [5.41, 5.74) is 0. The summed E-state index contributed by atoms with van der Waals surface area (Å²) in [6.07, 6.45) is -0.167. The molecule has 0 aromatic carbocycles. The average Bonchev–Trinajstić information content (AvgIpc) is 0.811. The van der Waals surface area contributed by atoms with Crippen LogP contribution in [0.4, 0.5) is 0 Å². The molecule has 0 heterocycles. The molecule has 0 aromatic rings. The maximum absolute atomic E-state index is 8.06. The van der Waals surface area contributed by atoms with Gasteiger partial charge in [0.1, 0.15) is 0 Å². The smallest absolute Gasteiger partial charge is 0.0483 e. The lowest BCUT2D eigenvalue weighted by Crippen LogP contribution is -1.85. The van der Waals surface area contributed by atoms with E-state index in [1.807, 2.05) is 0 Å². The lowest BCUT2D eigenvalue weighted by molar-refractivity contribution is 0.216. The molecule has 0 aliphatic heterocycles. The van der Waals surface area contributed by atoms with E-state index in [1.165, 1.54) is 0 Å². The molecule has 66 valence electrons. The van der Waals surface area contributed by atoms with Gasteiger partial charge in [0.2, 0.25) is 0 Å². The fourth-order valence-electron chi connectivity index (χ4n) is 0. The molecular weight excluding hydrogens is 190 g/mol. The fourth-order valence-corrected chi connectivity index (χ4v) is 0. The van der Waals surface area contributed by atoms with Crippen LogP contribution in [0, 0.1) is 0 Å². The summed E-state index contributed by atoms with van der Waals surface area (Å²) in [5, 5.41) is 8.06. The normalized spacial score (nSPS) is 4.00. The van der Waals surface area contributed by atoms with Crippen molar-refractivity contribution in [3.05, 3.63) is 0 Å². The zero-order chi connectivity index (χ0) is 3.58. The van der Waals surface area contributed by atoms with Crippen LogP contribution in [0.25, 0.3) is 0 Å². The molecule has 6 heteroatoms. The third kappa shape index (κ3) is 709. The molecule has 0 fully saturated rings. The molecule has 0 atom stereocenters. The van der Waals surface area contributed by atoms with Crippen LogP contribution in [0.2, 0.25) is 0 Å². The number of hydrogen-bond acceptors (Lipinski definition) is 1. The van der Waals surface area contributed by atoms with Gasteiger partial charge in [0.15, 0.2) is 0 Å². The van der Waals surface area contributed by atoms with Crippen LogP contribution in [-0.2, 0) is 0 Å². The van der Waals surface area contributed by atoms with E-state index in [9.17, 15) is 0 Å². The minimum atomic E-state index is -0.167. The molecule has 0 saturated heterocycles. The van der Waals surface area contributed by atoms with E-state index in [4.69, 9.17) is 5.11 Å². The Morgan fingerprint density at radius 2 is 0.889 bits per heavy atom. The molecule has 0 radical (unpaired) electrons. The highest BCUT2D eigenvalue weighted by atomic mass is 35.5. The van der Waals surface area contributed by atoms with Crippen molar-refractivity contribution in [2.45, 2.75) is 20.0 Å². The van der Waals surface area contributed by atoms with Crippen molar-refractivity contribution in [3.8, 4) is 0 Å². The highest BCUT2D eigenvalue weighted by molar-refractivity contribution is 5.86. The Balaban J connectivity index is -0.00000000450.